The lowest BCUT2D eigenvalue weighted by molar-refractivity contribution is -0.461. The van der Waals surface area contributed by atoms with Gasteiger partial charge >= 0.3 is 59.6 Å². The second-order valence-electron chi connectivity index (χ2n) is 15.1. The average molecular weight is 1020 g/mol. The Morgan fingerprint density at radius 1 is 0.551 bits per heavy atom. The van der Waals surface area contributed by atoms with E-state index in [0.29, 0.717) is 6.42 Å². The fourth-order valence-corrected chi connectivity index (χ4v) is 5.74. The van der Waals surface area contributed by atoms with E-state index in [9.17, 15) is 93.0 Å². The van der Waals surface area contributed by atoms with Crippen molar-refractivity contribution in [3.05, 3.63) is 89.0 Å². The van der Waals surface area contributed by atoms with Crippen LogP contribution >= 0.6 is 0 Å². The minimum Gasteiger partial charge on any atom is -0.490 e. The van der Waals surface area contributed by atoms with Crippen LogP contribution in [-0.2, 0) is 9.53 Å². The van der Waals surface area contributed by atoms with Crippen molar-refractivity contribution in [2.75, 3.05) is 13.2 Å². The topological polar surface area (TPSA) is 71.1 Å². The molecule has 25 heteroatoms. The first kappa shape index (κ1) is 57.7. The minimum absolute atomic E-state index is 0.0293. The van der Waals surface area contributed by atoms with Crippen LogP contribution in [0.1, 0.15) is 93.1 Å². The van der Waals surface area contributed by atoms with Crippen LogP contribution in [0.2, 0.25) is 0 Å². The maximum absolute atomic E-state index is 14.7. The van der Waals surface area contributed by atoms with E-state index < -0.39 is 90.3 Å². The van der Waals surface area contributed by atoms with Crippen molar-refractivity contribution >= 4 is 11.9 Å². The van der Waals surface area contributed by atoms with Crippen molar-refractivity contribution in [2.24, 2.45) is 0 Å². The number of benzene rings is 3. The van der Waals surface area contributed by atoms with Crippen LogP contribution in [0.5, 0.6) is 17.2 Å². The molecule has 0 unspecified atom stereocenters. The molecule has 0 amide bonds. The summed E-state index contributed by atoms with van der Waals surface area (Å²) in [5.74, 6) is -58.3. The number of ether oxygens (including phenoxy) is 4. The molecule has 0 saturated carbocycles. The molecule has 0 saturated heterocycles. The van der Waals surface area contributed by atoms with Gasteiger partial charge in [-0.1, -0.05) is 63.7 Å². The molecule has 3 aromatic carbocycles. The van der Waals surface area contributed by atoms with Crippen LogP contribution in [0.15, 0.2) is 60.7 Å². The van der Waals surface area contributed by atoms with E-state index in [1.807, 2.05) is 0 Å². The Kier molecular flexibility index (Phi) is 18.8. The summed E-state index contributed by atoms with van der Waals surface area (Å²) in [6.07, 6.45) is -4.42. The number of halogens is 19. The van der Waals surface area contributed by atoms with Crippen LogP contribution in [0.25, 0.3) is 0 Å². The summed E-state index contributed by atoms with van der Waals surface area (Å²) >= 11 is 0. The predicted molar refractivity (Wildman–Crippen MR) is 205 cm³/mol. The summed E-state index contributed by atoms with van der Waals surface area (Å²) in [6, 6.07) is 12.0. The number of esters is 2. The highest BCUT2D eigenvalue weighted by Crippen LogP contribution is 2.64. The Hall–Kier alpha value is -5.57. The van der Waals surface area contributed by atoms with Gasteiger partial charge in [0.2, 0.25) is 5.82 Å². The molecule has 6 nitrogen and oxygen atoms in total. The summed E-state index contributed by atoms with van der Waals surface area (Å²) in [5, 5.41) is 0. The van der Waals surface area contributed by atoms with Gasteiger partial charge in [0, 0.05) is 5.56 Å². The third-order valence-electron chi connectivity index (χ3n) is 9.89. The second-order valence-corrected chi connectivity index (χ2v) is 15.1. The van der Waals surface area contributed by atoms with Gasteiger partial charge < -0.3 is 18.9 Å². The molecular formula is C44H39F19O6. The van der Waals surface area contributed by atoms with Gasteiger partial charge in [-0.2, -0.15) is 79.0 Å². The molecule has 3 aromatic rings. The van der Waals surface area contributed by atoms with Crippen LogP contribution in [0.4, 0.5) is 83.4 Å². The summed E-state index contributed by atoms with van der Waals surface area (Å²) in [7, 11) is 0. The third-order valence-corrected chi connectivity index (χ3v) is 9.89. The van der Waals surface area contributed by atoms with Crippen molar-refractivity contribution in [1.82, 2.24) is 0 Å². The fraction of sp³-hybridized carbons (Fsp3) is 0.500. The molecule has 0 radical (unpaired) electrons. The zero-order chi connectivity index (χ0) is 52.4. The number of carbonyl (C=O) groups is 2. The number of hydrogen-bond donors (Lipinski definition) is 0. The highest BCUT2D eigenvalue weighted by Gasteiger charge is 2.95. The molecule has 0 heterocycles. The normalized spacial score (nSPS) is 13.6. The van der Waals surface area contributed by atoms with E-state index in [4.69, 9.17) is 14.2 Å². The molecule has 384 valence electrons. The first-order valence-electron chi connectivity index (χ1n) is 20.3. The summed E-state index contributed by atoms with van der Waals surface area (Å²) in [4.78, 5) is 24.9. The molecule has 0 aromatic heterocycles. The zero-order valence-electron chi connectivity index (χ0n) is 35.8. The molecule has 0 aliphatic rings. The molecule has 0 aliphatic carbocycles. The average Bonchev–Trinajstić information content (AvgIpc) is 3.26. The lowest BCUT2D eigenvalue weighted by atomic mass is 9.88. The van der Waals surface area contributed by atoms with Gasteiger partial charge in [-0.25, -0.2) is 14.0 Å². The Morgan fingerprint density at radius 3 is 1.58 bits per heavy atom. The highest BCUT2D eigenvalue weighted by atomic mass is 19.4. The molecule has 1 atom stereocenters. The molecule has 0 bridgehead atoms. The molecule has 3 rings (SSSR count). The van der Waals surface area contributed by atoms with Crippen molar-refractivity contribution in [1.29, 1.82) is 0 Å². The molecule has 0 spiro atoms. The quantitative estimate of drug-likeness (QED) is 0.0293. The van der Waals surface area contributed by atoms with E-state index in [1.165, 1.54) is 49.2 Å². The first-order valence-corrected chi connectivity index (χ1v) is 20.3. The Bertz CT molecular complexity index is 2250. The molecule has 0 N–H and O–H groups in total. The van der Waals surface area contributed by atoms with Crippen molar-refractivity contribution in [3.63, 3.8) is 0 Å². The minimum atomic E-state index is -8.77. The number of unbranched alkanes of at least 4 members (excludes halogenated alkanes) is 7. The van der Waals surface area contributed by atoms with E-state index in [1.54, 1.807) is 0 Å². The van der Waals surface area contributed by atoms with Crippen molar-refractivity contribution in [2.45, 2.75) is 125 Å². The largest absolute Gasteiger partial charge is 0.490 e. The van der Waals surface area contributed by atoms with Gasteiger partial charge in [0.05, 0.1) is 30.8 Å². The smallest absolute Gasteiger partial charge is 0.460 e. The van der Waals surface area contributed by atoms with E-state index in [-0.39, 0.29) is 40.5 Å². The fourth-order valence-electron chi connectivity index (χ4n) is 5.74. The molecular weight excluding hydrogens is 985 g/mol. The van der Waals surface area contributed by atoms with E-state index in [2.05, 4.69) is 23.5 Å². The molecule has 0 aliphatic heterocycles. The SMILES string of the molecule is CCCCCCCCCCOc1ccc(C#Cc2ccc(C(=O)Oc3ccc(O[C@@H](C)C(=O)OCCC(F)(F)C(F)(F)C(F)(F)C(F)(F)C(F)(F)C(F)(F)C(F)(F)C(F)(F)F)cc3)cc2)c(F)c1F. The van der Waals surface area contributed by atoms with Crippen LogP contribution < -0.4 is 14.2 Å². The number of carbonyl (C=O) groups excluding carboxylic acids is 2. The third kappa shape index (κ3) is 12.8. The maximum Gasteiger partial charge on any atom is 0.460 e. The predicted octanol–water partition coefficient (Wildman–Crippen LogP) is 13.8. The highest BCUT2D eigenvalue weighted by molar-refractivity contribution is 5.91. The zero-order valence-corrected chi connectivity index (χ0v) is 35.8. The lowest BCUT2D eigenvalue weighted by Gasteiger charge is -2.42. The van der Waals surface area contributed by atoms with Gasteiger partial charge in [-0.15, -0.1) is 0 Å². The molecule has 0 fully saturated rings. The van der Waals surface area contributed by atoms with E-state index >= 15 is 0 Å². The Balaban J connectivity index is 1.53. The van der Waals surface area contributed by atoms with Crippen LogP contribution in [0.3, 0.4) is 0 Å². The number of rotatable bonds is 24. The van der Waals surface area contributed by atoms with Crippen molar-refractivity contribution < 1.29 is 112 Å². The van der Waals surface area contributed by atoms with Crippen molar-refractivity contribution in [3.8, 4) is 29.1 Å². The lowest BCUT2D eigenvalue weighted by Crippen LogP contribution is -2.74. The van der Waals surface area contributed by atoms with Gasteiger partial charge in [-0.3, -0.25) is 0 Å². The molecule has 69 heavy (non-hydrogen) atoms. The Labute approximate surface area is 380 Å². The standard InChI is InChI=1S/C44H39F19O6/c1-3-4-5-6-7-8-9-10-24-66-32-22-17-28(33(45)34(32)46)14-11-27-12-15-29(16-13-27)36(65)69-31-20-18-30(19-21-31)68-26(2)35(64)67-25-23-37(47,48)38(49,50)39(51,52)40(53,54)41(55,56)42(57,58)43(59,60)44(61,62)63/h12-13,15-22,26H,3-10,23-25H2,1-2H3/t26-/m0/s1. The van der Waals surface area contributed by atoms with Gasteiger partial charge in [0.1, 0.15) is 11.5 Å². The van der Waals surface area contributed by atoms with Crippen LogP contribution in [-0.4, -0.2) is 78.9 Å². The second kappa shape index (κ2) is 22.5. The summed E-state index contributed by atoms with van der Waals surface area (Å²) < 4.78 is 278. The van der Waals surface area contributed by atoms with Crippen LogP contribution in [0, 0.1) is 23.5 Å². The summed E-state index contributed by atoms with van der Waals surface area (Å²) in [5.41, 5.74) is -0.0105. The number of alkyl halides is 17. The Morgan fingerprint density at radius 2 is 1.04 bits per heavy atom. The summed E-state index contributed by atoms with van der Waals surface area (Å²) in [6.45, 7) is 0.996. The van der Waals surface area contributed by atoms with Gasteiger partial charge in [0.15, 0.2) is 17.7 Å². The van der Waals surface area contributed by atoms with Gasteiger partial charge in [0.25, 0.3) is 0 Å². The maximum atomic E-state index is 14.7. The number of hydrogen-bond acceptors (Lipinski definition) is 6. The van der Waals surface area contributed by atoms with E-state index in [0.717, 1.165) is 63.3 Å². The first-order chi connectivity index (χ1) is 31.7. The monoisotopic (exact) mass is 1020 g/mol. The van der Waals surface area contributed by atoms with Gasteiger partial charge in [-0.05, 0) is 74.0 Å².